The molecule has 0 aliphatic carbocycles. The standard InChI is InChI=1S/C15H15N5O3/c1-2-23-15(22)13-18-12(19-20-13)7-8-17-14(21)11-5-3-10(9-16)4-6-11/h3-6H,2,7-8H2,1H3,(H,17,21)(H,18,19,20). The molecule has 0 aliphatic heterocycles. The van der Waals surface area contributed by atoms with Gasteiger partial charge in [0.05, 0.1) is 18.2 Å². The van der Waals surface area contributed by atoms with E-state index in [0.29, 0.717) is 29.9 Å². The van der Waals surface area contributed by atoms with Gasteiger partial charge in [-0.15, -0.1) is 5.10 Å². The normalized spacial score (nSPS) is 9.91. The first kappa shape index (κ1) is 16.2. The van der Waals surface area contributed by atoms with Crippen LogP contribution in [0.5, 0.6) is 0 Å². The molecule has 0 spiro atoms. The van der Waals surface area contributed by atoms with Gasteiger partial charge in [0.2, 0.25) is 0 Å². The van der Waals surface area contributed by atoms with Gasteiger partial charge in [-0.05, 0) is 31.2 Å². The fraction of sp³-hybridized carbons (Fsp3) is 0.267. The Morgan fingerprint density at radius 3 is 2.74 bits per heavy atom. The van der Waals surface area contributed by atoms with Crippen LogP contribution in [0.2, 0.25) is 0 Å². The minimum atomic E-state index is -0.586. The lowest BCUT2D eigenvalue weighted by Crippen LogP contribution is -2.25. The predicted octanol–water partition coefficient (Wildman–Crippen LogP) is 0.826. The molecule has 118 valence electrons. The SMILES string of the molecule is CCOC(=O)c1n[nH]c(CCNC(=O)c2ccc(C#N)cc2)n1. The van der Waals surface area contributed by atoms with Crippen LogP contribution in [0.4, 0.5) is 0 Å². The number of nitrogens with zero attached hydrogens (tertiary/aromatic N) is 3. The van der Waals surface area contributed by atoms with Crippen LogP contribution in [0.3, 0.4) is 0 Å². The smallest absolute Gasteiger partial charge is 0.378 e. The zero-order chi connectivity index (χ0) is 16.7. The van der Waals surface area contributed by atoms with Crippen molar-refractivity contribution in [2.45, 2.75) is 13.3 Å². The Bertz CT molecular complexity index is 730. The van der Waals surface area contributed by atoms with E-state index in [1.54, 1.807) is 31.2 Å². The summed E-state index contributed by atoms with van der Waals surface area (Å²) in [7, 11) is 0. The maximum Gasteiger partial charge on any atom is 0.378 e. The molecule has 2 rings (SSSR count). The van der Waals surface area contributed by atoms with Gasteiger partial charge >= 0.3 is 5.97 Å². The Balaban J connectivity index is 1.83. The zero-order valence-electron chi connectivity index (χ0n) is 12.5. The average molecular weight is 313 g/mol. The number of H-pyrrole nitrogens is 1. The number of hydrogen-bond donors (Lipinski definition) is 2. The highest BCUT2D eigenvalue weighted by Crippen LogP contribution is 2.03. The molecule has 1 aromatic carbocycles. The summed E-state index contributed by atoms with van der Waals surface area (Å²) >= 11 is 0. The Morgan fingerprint density at radius 2 is 2.09 bits per heavy atom. The zero-order valence-corrected chi connectivity index (χ0v) is 12.5. The molecule has 8 nitrogen and oxygen atoms in total. The Labute approximate surface area is 132 Å². The maximum atomic E-state index is 11.9. The molecule has 0 saturated carbocycles. The highest BCUT2D eigenvalue weighted by molar-refractivity contribution is 5.94. The lowest BCUT2D eigenvalue weighted by Gasteiger charge is -2.03. The summed E-state index contributed by atoms with van der Waals surface area (Å²) in [6, 6.07) is 8.32. The topological polar surface area (TPSA) is 121 Å². The Hall–Kier alpha value is -3.21. The van der Waals surface area contributed by atoms with Gasteiger partial charge in [-0.2, -0.15) is 5.26 Å². The number of amides is 1. The molecule has 0 atom stereocenters. The van der Waals surface area contributed by atoms with Gasteiger partial charge < -0.3 is 10.1 Å². The largest absolute Gasteiger partial charge is 0.460 e. The minimum absolute atomic E-state index is 0.0275. The van der Waals surface area contributed by atoms with Crippen LogP contribution in [0.1, 0.15) is 39.3 Å². The molecule has 0 unspecified atom stereocenters. The second-order valence-corrected chi connectivity index (χ2v) is 4.52. The van der Waals surface area contributed by atoms with Crippen LogP contribution < -0.4 is 5.32 Å². The molecule has 0 bridgehead atoms. The summed E-state index contributed by atoms with van der Waals surface area (Å²) in [5.41, 5.74) is 0.962. The summed E-state index contributed by atoms with van der Waals surface area (Å²) < 4.78 is 4.78. The van der Waals surface area contributed by atoms with Gasteiger partial charge in [0.1, 0.15) is 5.82 Å². The van der Waals surface area contributed by atoms with Crippen LogP contribution in [0, 0.1) is 11.3 Å². The van der Waals surface area contributed by atoms with E-state index in [-0.39, 0.29) is 18.3 Å². The van der Waals surface area contributed by atoms with E-state index in [4.69, 9.17) is 10.00 Å². The van der Waals surface area contributed by atoms with Crippen molar-refractivity contribution in [3.05, 3.63) is 47.0 Å². The van der Waals surface area contributed by atoms with E-state index in [1.165, 1.54) is 0 Å². The third-order valence-electron chi connectivity index (χ3n) is 2.91. The molecule has 23 heavy (non-hydrogen) atoms. The predicted molar refractivity (Wildman–Crippen MR) is 79.5 cm³/mol. The molecular weight excluding hydrogens is 298 g/mol. The van der Waals surface area contributed by atoms with Crippen molar-refractivity contribution in [3.8, 4) is 6.07 Å². The van der Waals surface area contributed by atoms with Crippen LogP contribution in [-0.4, -0.2) is 40.2 Å². The van der Waals surface area contributed by atoms with Crippen molar-refractivity contribution in [1.29, 1.82) is 5.26 Å². The number of aromatic nitrogens is 3. The summed E-state index contributed by atoms with van der Waals surface area (Å²) in [6.07, 6.45) is 0.397. The molecule has 2 N–H and O–H groups in total. The molecular formula is C15H15N5O3. The highest BCUT2D eigenvalue weighted by Gasteiger charge is 2.13. The van der Waals surface area contributed by atoms with Gasteiger partial charge in [-0.1, -0.05) is 0 Å². The van der Waals surface area contributed by atoms with Gasteiger partial charge in [-0.25, -0.2) is 9.78 Å². The minimum Gasteiger partial charge on any atom is -0.460 e. The van der Waals surface area contributed by atoms with E-state index in [2.05, 4.69) is 20.5 Å². The van der Waals surface area contributed by atoms with Crippen LogP contribution in [0.15, 0.2) is 24.3 Å². The first-order valence-electron chi connectivity index (χ1n) is 7.00. The third kappa shape index (κ3) is 4.38. The number of carbonyl (C=O) groups is 2. The van der Waals surface area contributed by atoms with E-state index < -0.39 is 5.97 Å². The second-order valence-electron chi connectivity index (χ2n) is 4.52. The van der Waals surface area contributed by atoms with E-state index >= 15 is 0 Å². The van der Waals surface area contributed by atoms with Gasteiger partial charge in [0, 0.05) is 18.5 Å². The molecule has 2 aromatic rings. The monoisotopic (exact) mass is 313 g/mol. The molecule has 0 fully saturated rings. The molecule has 1 amide bonds. The number of carbonyl (C=O) groups excluding carboxylic acids is 2. The fourth-order valence-electron chi connectivity index (χ4n) is 1.79. The first-order chi connectivity index (χ1) is 11.1. The number of nitriles is 1. The summed E-state index contributed by atoms with van der Waals surface area (Å²) in [6.45, 7) is 2.28. The van der Waals surface area contributed by atoms with E-state index in [9.17, 15) is 9.59 Å². The molecule has 8 heteroatoms. The van der Waals surface area contributed by atoms with Crippen molar-refractivity contribution in [2.75, 3.05) is 13.2 Å². The summed E-state index contributed by atoms with van der Waals surface area (Å²) in [5.74, 6) is -0.385. The van der Waals surface area contributed by atoms with Crippen LogP contribution in [-0.2, 0) is 11.2 Å². The first-order valence-corrected chi connectivity index (χ1v) is 7.00. The van der Waals surface area contributed by atoms with Crippen LogP contribution >= 0.6 is 0 Å². The quantitative estimate of drug-likeness (QED) is 0.762. The number of esters is 1. The molecule has 1 heterocycles. The van der Waals surface area contributed by atoms with E-state index in [1.807, 2.05) is 6.07 Å². The molecule has 0 saturated heterocycles. The van der Waals surface area contributed by atoms with Crippen molar-refractivity contribution < 1.29 is 14.3 Å². The lowest BCUT2D eigenvalue weighted by molar-refractivity contribution is 0.0512. The van der Waals surface area contributed by atoms with Crippen molar-refractivity contribution in [3.63, 3.8) is 0 Å². The number of nitrogens with one attached hydrogen (secondary N) is 2. The number of benzene rings is 1. The number of rotatable bonds is 6. The van der Waals surface area contributed by atoms with Gasteiger partial charge in [0.15, 0.2) is 0 Å². The molecule has 1 aromatic heterocycles. The van der Waals surface area contributed by atoms with Crippen molar-refractivity contribution in [2.24, 2.45) is 0 Å². The lowest BCUT2D eigenvalue weighted by atomic mass is 10.1. The number of hydrogen-bond acceptors (Lipinski definition) is 6. The van der Waals surface area contributed by atoms with Crippen LogP contribution in [0.25, 0.3) is 0 Å². The summed E-state index contributed by atoms with van der Waals surface area (Å²) in [5, 5.41) is 17.8. The maximum absolute atomic E-state index is 11.9. The number of aromatic amines is 1. The van der Waals surface area contributed by atoms with Gasteiger partial charge in [-0.3, -0.25) is 9.89 Å². The second kappa shape index (κ2) is 7.70. The highest BCUT2D eigenvalue weighted by atomic mass is 16.5. The van der Waals surface area contributed by atoms with Gasteiger partial charge in [0.25, 0.3) is 11.7 Å². The molecule has 0 radical (unpaired) electrons. The Kier molecular flexibility index (Phi) is 5.41. The van der Waals surface area contributed by atoms with Crippen molar-refractivity contribution in [1.82, 2.24) is 20.5 Å². The van der Waals surface area contributed by atoms with Crippen molar-refractivity contribution >= 4 is 11.9 Å². The Morgan fingerprint density at radius 1 is 1.35 bits per heavy atom. The third-order valence-corrected chi connectivity index (χ3v) is 2.91. The summed E-state index contributed by atoms with van der Waals surface area (Å²) in [4.78, 5) is 27.3. The van der Waals surface area contributed by atoms with E-state index in [0.717, 1.165) is 0 Å². The molecule has 0 aliphatic rings. The average Bonchev–Trinajstić information content (AvgIpc) is 3.04. The fourth-order valence-corrected chi connectivity index (χ4v) is 1.79. The number of ether oxygens (including phenoxy) is 1.